The first-order valence-corrected chi connectivity index (χ1v) is 7.39. The van der Waals surface area contributed by atoms with Crippen LogP contribution in [0.1, 0.15) is 23.7 Å². The van der Waals surface area contributed by atoms with E-state index in [-0.39, 0.29) is 17.8 Å². The van der Waals surface area contributed by atoms with Gasteiger partial charge in [0.2, 0.25) is 0 Å². The highest BCUT2D eigenvalue weighted by molar-refractivity contribution is 5.99. The minimum Gasteiger partial charge on any atom is -0.375 e. The van der Waals surface area contributed by atoms with Crippen molar-refractivity contribution in [1.82, 2.24) is 15.1 Å². The predicted molar refractivity (Wildman–Crippen MR) is 79.9 cm³/mol. The molecular formula is C16H18FN3O2. The van der Waals surface area contributed by atoms with E-state index in [4.69, 9.17) is 4.74 Å². The molecule has 0 saturated carbocycles. The zero-order valence-electron chi connectivity index (χ0n) is 12.4. The minimum absolute atomic E-state index is 0.0742. The minimum atomic E-state index is -0.310. The molecule has 3 rings (SSSR count). The van der Waals surface area contributed by atoms with Crippen molar-refractivity contribution in [3.05, 3.63) is 41.8 Å². The van der Waals surface area contributed by atoms with Gasteiger partial charge in [-0.1, -0.05) is 6.92 Å². The molecule has 1 aromatic heterocycles. The van der Waals surface area contributed by atoms with Crippen molar-refractivity contribution in [3.8, 4) is 11.3 Å². The number of rotatable bonds is 3. The summed E-state index contributed by atoms with van der Waals surface area (Å²) in [4.78, 5) is 14.5. The van der Waals surface area contributed by atoms with E-state index >= 15 is 0 Å². The maximum atomic E-state index is 13.0. The van der Waals surface area contributed by atoms with Gasteiger partial charge in [-0.25, -0.2) is 4.39 Å². The zero-order chi connectivity index (χ0) is 15.5. The molecule has 22 heavy (non-hydrogen) atoms. The fourth-order valence-electron chi connectivity index (χ4n) is 2.61. The van der Waals surface area contributed by atoms with E-state index in [9.17, 15) is 9.18 Å². The molecule has 0 radical (unpaired) electrons. The first-order valence-electron chi connectivity index (χ1n) is 7.39. The highest BCUT2D eigenvalue weighted by Crippen LogP contribution is 2.23. The van der Waals surface area contributed by atoms with Crippen molar-refractivity contribution in [3.63, 3.8) is 0 Å². The Morgan fingerprint density at radius 2 is 2.23 bits per heavy atom. The number of aromatic amines is 1. The van der Waals surface area contributed by atoms with Crippen LogP contribution in [0.5, 0.6) is 0 Å². The smallest absolute Gasteiger partial charge is 0.257 e. The Labute approximate surface area is 128 Å². The number of hydrogen-bond donors (Lipinski definition) is 1. The van der Waals surface area contributed by atoms with Crippen molar-refractivity contribution in [2.24, 2.45) is 0 Å². The number of nitrogens with one attached hydrogen (secondary N) is 1. The van der Waals surface area contributed by atoms with Crippen molar-refractivity contribution >= 4 is 5.91 Å². The topological polar surface area (TPSA) is 58.2 Å². The second-order valence-electron chi connectivity index (χ2n) is 5.32. The molecule has 1 aromatic carbocycles. The molecule has 2 aromatic rings. The Bertz CT molecular complexity index is 654. The largest absolute Gasteiger partial charge is 0.375 e. The Morgan fingerprint density at radius 3 is 2.95 bits per heavy atom. The van der Waals surface area contributed by atoms with Crippen molar-refractivity contribution < 1.29 is 13.9 Å². The van der Waals surface area contributed by atoms with Crippen LogP contribution in [0.15, 0.2) is 30.5 Å². The highest BCUT2D eigenvalue weighted by atomic mass is 19.1. The molecule has 5 nitrogen and oxygen atoms in total. The van der Waals surface area contributed by atoms with Crippen molar-refractivity contribution in [2.75, 3.05) is 19.7 Å². The first kappa shape index (κ1) is 14.7. The summed E-state index contributed by atoms with van der Waals surface area (Å²) in [6, 6.07) is 6.00. The van der Waals surface area contributed by atoms with E-state index in [1.165, 1.54) is 18.3 Å². The van der Waals surface area contributed by atoms with Crippen molar-refractivity contribution in [1.29, 1.82) is 0 Å². The van der Waals surface area contributed by atoms with Gasteiger partial charge in [0.25, 0.3) is 5.91 Å². The first-order chi connectivity index (χ1) is 10.7. The number of nitrogens with zero attached hydrogens (tertiary/aromatic N) is 2. The summed E-state index contributed by atoms with van der Waals surface area (Å²) in [6.07, 6.45) is 2.48. The van der Waals surface area contributed by atoms with Crippen LogP contribution in [0.2, 0.25) is 0 Å². The molecular weight excluding hydrogens is 285 g/mol. The molecule has 1 N–H and O–H groups in total. The SMILES string of the molecule is CC[C@@H]1CN(C(=O)c2cn[nH]c2-c2ccc(F)cc2)CCO1. The summed E-state index contributed by atoms with van der Waals surface area (Å²) in [5, 5.41) is 6.81. The van der Waals surface area contributed by atoms with Gasteiger partial charge in [-0.15, -0.1) is 0 Å². The average Bonchev–Trinajstić information content (AvgIpc) is 3.04. The van der Waals surface area contributed by atoms with E-state index in [1.807, 2.05) is 6.92 Å². The molecule has 6 heteroatoms. The fraction of sp³-hybridized carbons (Fsp3) is 0.375. The van der Waals surface area contributed by atoms with Gasteiger partial charge in [0, 0.05) is 18.7 Å². The van der Waals surface area contributed by atoms with Crippen LogP contribution in [-0.2, 0) is 4.74 Å². The van der Waals surface area contributed by atoms with Crippen LogP contribution < -0.4 is 0 Å². The predicted octanol–water partition coefficient (Wildman–Crippen LogP) is 2.47. The lowest BCUT2D eigenvalue weighted by atomic mass is 10.1. The highest BCUT2D eigenvalue weighted by Gasteiger charge is 2.26. The summed E-state index contributed by atoms with van der Waals surface area (Å²) in [5.41, 5.74) is 1.86. The number of aromatic nitrogens is 2. The molecule has 2 heterocycles. The number of hydrogen-bond acceptors (Lipinski definition) is 3. The van der Waals surface area contributed by atoms with E-state index in [0.717, 1.165) is 12.0 Å². The molecule has 1 fully saturated rings. The molecule has 1 saturated heterocycles. The van der Waals surface area contributed by atoms with Gasteiger partial charge in [-0.05, 0) is 30.7 Å². The van der Waals surface area contributed by atoms with Crippen LogP contribution in [0, 0.1) is 5.82 Å². The van der Waals surface area contributed by atoms with Gasteiger partial charge >= 0.3 is 0 Å². The van der Waals surface area contributed by atoms with Crippen LogP contribution in [0.4, 0.5) is 4.39 Å². The van der Waals surface area contributed by atoms with Crippen LogP contribution in [0.3, 0.4) is 0 Å². The van der Waals surface area contributed by atoms with Gasteiger partial charge in [-0.2, -0.15) is 5.10 Å². The monoisotopic (exact) mass is 303 g/mol. The molecule has 0 aliphatic carbocycles. The molecule has 1 atom stereocenters. The van der Waals surface area contributed by atoms with Gasteiger partial charge in [0.05, 0.1) is 30.2 Å². The number of amides is 1. The van der Waals surface area contributed by atoms with E-state index in [1.54, 1.807) is 17.0 Å². The lowest BCUT2D eigenvalue weighted by molar-refractivity contribution is -0.0226. The number of ether oxygens (including phenoxy) is 1. The van der Waals surface area contributed by atoms with Gasteiger partial charge in [0.1, 0.15) is 5.82 Å². The van der Waals surface area contributed by atoms with Gasteiger partial charge < -0.3 is 9.64 Å². The van der Waals surface area contributed by atoms with Crippen LogP contribution in [0.25, 0.3) is 11.3 Å². The zero-order valence-corrected chi connectivity index (χ0v) is 12.4. The molecule has 1 aliphatic rings. The summed E-state index contributed by atoms with van der Waals surface area (Å²) in [5.74, 6) is -0.384. The average molecular weight is 303 g/mol. The summed E-state index contributed by atoms with van der Waals surface area (Å²) in [6.45, 7) is 3.75. The Balaban J connectivity index is 1.85. The van der Waals surface area contributed by atoms with E-state index in [0.29, 0.717) is 31.0 Å². The number of carbonyl (C=O) groups is 1. The molecule has 116 valence electrons. The van der Waals surface area contributed by atoms with Crippen LogP contribution in [-0.4, -0.2) is 46.8 Å². The third-order valence-corrected chi connectivity index (χ3v) is 3.88. The lowest BCUT2D eigenvalue weighted by Crippen LogP contribution is -2.45. The van der Waals surface area contributed by atoms with Gasteiger partial charge in [0.15, 0.2) is 0 Å². The number of benzene rings is 1. The molecule has 0 bridgehead atoms. The van der Waals surface area contributed by atoms with E-state index < -0.39 is 0 Å². The fourth-order valence-corrected chi connectivity index (χ4v) is 2.61. The number of H-pyrrole nitrogens is 1. The normalized spacial score (nSPS) is 18.5. The number of carbonyl (C=O) groups excluding carboxylic acids is 1. The Morgan fingerprint density at radius 1 is 1.45 bits per heavy atom. The summed E-state index contributed by atoms with van der Waals surface area (Å²) >= 11 is 0. The maximum Gasteiger partial charge on any atom is 0.257 e. The van der Waals surface area contributed by atoms with E-state index in [2.05, 4.69) is 10.2 Å². The summed E-state index contributed by atoms with van der Waals surface area (Å²) in [7, 11) is 0. The molecule has 1 aliphatic heterocycles. The summed E-state index contributed by atoms with van der Waals surface area (Å²) < 4.78 is 18.6. The Kier molecular flexibility index (Phi) is 4.20. The van der Waals surface area contributed by atoms with Crippen molar-refractivity contribution in [2.45, 2.75) is 19.4 Å². The Hall–Kier alpha value is -2.21. The standard InChI is InChI=1S/C16H18FN3O2/c1-2-13-10-20(7-8-22-13)16(21)14-9-18-19-15(14)11-3-5-12(17)6-4-11/h3-6,9,13H,2,7-8,10H2,1H3,(H,18,19)/t13-/m1/s1. The quantitative estimate of drug-likeness (QED) is 0.947. The third-order valence-electron chi connectivity index (χ3n) is 3.88. The second kappa shape index (κ2) is 6.27. The number of morpholine rings is 1. The van der Waals surface area contributed by atoms with Crippen LogP contribution >= 0.6 is 0 Å². The molecule has 1 amide bonds. The number of halogens is 1. The molecule has 0 unspecified atom stereocenters. The molecule has 0 spiro atoms. The second-order valence-corrected chi connectivity index (χ2v) is 5.32. The van der Waals surface area contributed by atoms with Gasteiger partial charge in [-0.3, -0.25) is 9.89 Å². The third kappa shape index (κ3) is 2.87. The lowest BCUT2D eigenvalue weighted by Gasteiger charge is -2.32. The maximum absolute atomic E-state index is 13.0.